The first kappa shape index (κ1) is 19.1. The van der Waals surface area contributed by atoms with Gasteiger partial charge in [0.15, 0.2) is 10.9 Å². The number of anilines is 3. The largest absolute Gasteiger partial charge is 0.358 e. The molecule has 1 unspecified atom stereocenters. The smallest absolute Gasteiger partial charge is 0.228 e. The summed E-state index contributed by atoms with van der Waals surface area (Å²) in [6.45, 7) is 2.75. The van der Waals surface area contributed by atoms with Gasteiger partial charge in [-0.2, -0.15) is 10.2 Å². The lowest BCUT2D eigenvalue weighted by atomic mass is 10.1. The maximum atomic E-state index is 9.00. The number of aromatic nitrogens is 5. The molecule has 4 aromatic rings. The van der Waals surface area contributed by atoms with Gasteiger partial charge in [-0.25, -0.2) is 9.97 Å². The maximum Gasteiger partial charge on any atom is 0.228 e. The first-order chi connectivity index (χ1) is 15.2. The molecule has 5 heterocycles. The van der Waals surface area contributed by atoms with E-state index in [0.717, 1.165) is 36.5 Å². The molecule has 1 N–H and O–H groups in total. The van der Waals surface area contributed by atoms with E-state index in [1.807, 2.05) is 37.3 Å². The predicted octanol–water partition coefficient (Wildman–Crippen LogP) is 4.25. The lowest BCUT2D eigenvalue weighted by Gasteiger charge is -2.23. The Morgan fingerprint density at radius 3 is 2.97 bits per heavy atom. The van der Waals surface area contributed by atoms with Crippen molar-refractivity contribution in [3.05, 3.63) is 59.1 Å². The summed E-state index contributed by atoms with van der Waals surface area (Å²) in [5, 5.41) is 17.0. The first-order valence-corrected chi connectivity index (χ1v) is 10.6. The molecule has 5 rings (SSSR count). The maximum absolute atomic E-state index is 9.00. The summed E-state index contributed by atoms with van der Waals surface area (Å²) >= 11 is 1.28. The fraction of sp³-hybridized carbons (Fsp3) is 0.238. The number of thiazole rings is 1. The lowest BCUT2D eigenvalue weighted by Crippen LogP contribution is -2.25. The summed E-state index contributed by atoms with van der Waals surface area (Å²) in [7, 11) is 0. The highest BCUT2D eigenvalue weighted by Crippen LogP contribution is 2.36. The molecule has 1 atom stereocenters. The second kappa shape index (κ2) is 8.12. The summed E-state index contributed by atoms with van der Waals surface area (Å²) in [6, 6.07) is 11.6. The summed E-state index contributed by atoms with van der Waals surface area (Å²) in [5.74, 6) is 2.04. The molecule has 154 valence electrons. The van der Waals surface area contributed by atoms with Crippen molar-refractivity contribution < 1.29 is 4.52 Å². The van der Waals surface area contributed by atoms with Crippen LogP contribution in [0.3, 0.4) is 0 Å². The predicted molar refractivity (Wildman–Crippen MR) is 116 cm³/mol. The van der Waals surface area contributed by atoms with Gasteiger partial charge in [0.05, 0.1) is 17.9 Å². The van der Waals surface area contributed by atoms with Crippen molar-refractivity contribution in [3.8, 4) is 17.5 Å². The van der Waals surface area contributed by atoms with E-state index in [4.69, 9.17) is 14.8 Å². The van der Waals surface area contributed by atoms with Crippen molar-refractivity contribution >= 4 is 28.2 Å². The molecule has 9 nitrogen and oxygen atoms in total. The van der Waals surface area contributed by atoms with E-state index in [2.05, 4.69) is 36.4 Å². The molecule has 0 amide bonds. The third-order valence-corrected chi connectivity index (χ3v) is 5.80. The lowest BCUT2D eigenvalue weighted by molar-refractivity contribution is 0.362. The van der Waals surface area contributed by atoms with Crippen LogP contribution in [0.5, 0.6) is 0 Å². The van der Waals surface area contributed by atoms with Crippen molar-refractivity contribution in [2.45, 2.75) is 25.8 Å². The summed E-state index contributed by atoms with van der Waals surface area (Å²) in [6.07, 6.45) is 5.21. The number of aryl methyl sites for hydroxylation is 1. The van der Waals surface area contributed by atoms with Gasteiger partial charge in [0.1, 0.15) is 22.5 Å². The van der Waals surface area contributed by atoms with E-state index in [-0.39, 0.29) is 6.04 Å². The van der Waals surface area contributed by atoms with Crippen LogP contribution in [0, 0.1) is 18.3 Å². The zero-order valence-corrected chi connectivity index (χ0v) is 17.5. The molecule has 0 spiro atoms. The third-order valence-electron chi connectivity index (χ3n) is 4.99. The SMILES string of the molecule is Cc1cc(Nc2ncc(C#N)s2)nc(N2CCCC2c2cc(-c3ccccn3)no2)n1. The van der Waals surface area contributed by atoms with E-state index in [1.54, 1.807) is 12.4 Å². The number of hydrogen-bond acceptors (Lipinski definition) is 10. The minimum atomic E-state index is 0.00432. The van der Waals surface area contributed by atoms with Crippen molar-refractivity contribution in [2.24, 2.45) is 0 Å². The average molecular weight is 430 g/mol. The molecule has 0 aromatic carbocycles. The van der Waals surface area contributed by atoms with Crippen LogP contribution in [0.2, 0.25) is 0 Å². The van der Waals surface area contributed by atoms with Crippen molar-refractivity contribution in [1.29, 1.82) is 5.26 Å². The molecule has 31 heavy (non-hydrogen) atoms. The first-order valence-electron chi connectivity index (χ1n) is 9.83. The van der Waals surface area contributed by atoms with Crippen LogP contribution < -0.4 is 10.2 Å². The van der Waals surface area contributed by atoms with Gasteiger partial charge in [0.2, 0.25) is 5.95 Å². The Kier molecular flexibility index (Phi) is 5.01. The highest BCUT2D eigenvalue weighted by atomic mass is 32.1. The molecule has 0 radical (unpaired) electrons. The van der Waals surface area contributed by atoms with E-state index >= 15 is 0 Å². The molecule has 0 bridgehead atoms. The van der Waals surface area contributed by atoms with Gasteiger partial charge in [-0.05, 0) is 31.9 Å². The quantitative estimate of drug-likeness (QED) is 0.496. The van der Waals surface area contributed by atoms with Gasteiger partial charge in [-0.1, -0.05) is 22.6 Å². The molecule has 0 saturated carbocycles. The number of nitrogens with one attached hydrogen (secondary N) is 1. The Morgan fingerprint density at radius 1 is 1.23 bits per heavy atom. The Morgan fingerprint density at radius 2 is 2.16 bits per heavy atom. The molecular formula is C21H18N8OS. The molecule has 4 aromatic heterocycles. The molecule has 1 saturated heterocycles. The molecule has 10 heteroatoms. The number of hydrogen-bond donors (Lipinski definition) is 1. The van der Waals surface area contributed by atoms with Gasteiger partial charge in [0, 0.05) is 30.6 Å². The highest BCUT2D eigenvalue weighted by molar-refractivity contribution is 7.16. The Bertz CT molecular complexity index is 1250. The monoisotopic (exact) mass is 430 g/mol. The van der Waals surface area contributed by atoms with Gasteiger partial charge >= 0.3 is 0 Å². The van der Waals surface area contributed by atoms with Crippen LogP contribution in [-0.2, 0) is 0 Å². The summed E-state index contributed by atoms with van der Waals surface area (Å²) in [4.78, 5) is 20.6. The van der Waals surface area contributed by atoms with Crippen molar-refractivity contribution in [2.75, 3.05) is 16.8 Å². The third kappa shape index (κ3) is 3.95. The second-order valence-electron chi connectivity index (χ2n) is 7.14. The Balaban J connectivity index is 1.41. The zero-order chi connectivity index (χ0) is 21.2. The van der Waals surface area contributed by atoms with Gasteiger partial charge in [-0.15, -0.1) is 0 Å². The molecule has 0 aliphatic carbocycles. The number of pyridine rings is 1. The Hall–Kier alpha value is -3.84. The van der Waals surface area contributed by atoms with Crippen LogP contribution in [0.1, 0.15) is 35.2 Å². The van der Waals surface area contributed by atoms with Gasteiger partial charge < -0.3 is 14.7 Å². The average Bonchev–Trinajstić information content (AvgIpc) is 3.54. The van der Waals surface area contributed by atoms with Crippen LogP contribution in [-0.4, -0.2) is 31.6 Å². The van der Waals surface area contributed by atoms with Crippen LogP contribution in [0.15, 0.2) is 47.2 Å². The van der Waals surface area contributed by atoms with Gasteiger partial charge in [-0.3, -0.25) is 4.98 Å². The van der Waals surface area contributed by atoms with Crippen molar-refractivity contribution in [1.82, 2.24) is 25.1 Å². The second-order valence-corrected chi connectivity index (χ2v) is 8.17. The number of nitrogens with zero attached hydrogens (tertiary/aromatic N) is 7. The molecule has 1 aliphatic heterocycles. The van der Waals surface area contributed by atoms with Crippen molar-refractivity contribution in [3.63, 3.8) is 0 Å². The standard InChI is InChI=1S/C21H18N8OS/c1-13-9-19(27-21-24-12-14(11-22)31-21)26-20(25-13)29-8-4-6-17(29)18-10-16(28-30-18)15-5-2-3-7-23-15/h2-3,5,7,9-10,12,17H,4,6,8H2,1H3,(H,24,25,26,27). The fourth-order valence-corrected chi connectivity index (χ4v) is 4.24. The van der Waals surface area contributed by atoms with Crippen LogP contribution in [0.4, 0.5) is 16.9 Å². The van der Waals surface area contributed by atoms with Crippen LogP contribution in [0.25, 0.3) is 11.4 Å². The summed E-state index contributed by atoms with van der Waals surface area (Å²) in [5.41, 5.74) is 2.33. The van der Waals surface area contributed by atoms with E-state index in [9.17, 15) is 0 Å². The van der Waals surface area contributed by atoms with E-state index < -0.39 is 0 Å². The zero-order valence-electron chi connectivity index (χ0n) is 16.7. The summed E-state index contributed by atoms with van der Waals surface area (Å²) < 4.78 is 5.68. The minimum absolute atomic E-state index is 0.00432. The Labute approximate surface area is 182 Å². The van der Waals surface area contributed by atoms with E-state index in [1.165, 1.54) is 11.3 Å². The minimum Gasteiger partial charge on any atom is -0.358 e. The topological polar surface area (TPSA) is 117 Å². The van der Waals surface area contributed by atoms with Crippen LogP contribution >= 0.6 is 11.3 Å². The number of rotatable bonds is 5. The number of nitriles is 1. The normalized spacial score (nSPS) is 15.7. The van der Waals surface area contributed by atoms with E-state index in [0.29, 0.717) is 27.5 Å². The molecule has 1 aliphatic rings. The molecular weight excluding hydrogens is 412 g/mol. The fourth-order valence-electron chi connectivity index (χ4n) is 3.62. The molecule has 1 fully saturated rings. The van der Waals surface area contributed by atoms with Gasteiger partial charge in [0.25, 0.3) is 0 Å². The highest BCUT2D eigenvalue weighted by Gasteiger charge is 2.32.